The zero-order valence-corrected chi connectivity index (χ0v) is 16.2. The predicted octanol–water partition coefficient (Wildman–Crippen LogP) is 1.83. The van der Waals surface area contributed by atoms with E-state index in [1.165, 1.54) is 0 Å². The molecule has 2 aromatic carbocycles. The lowest BCUT2D eigenvalue weighted by Crippen LogP contribution is -2.55. The normalized spacial score (nSPS) is 27.6. The van der Waals surface area contributed by atoms with Crippen LogP contribution < -0.4 is 0 Å². The molecule has 5 atom stereocenters. The minimum Gasteiger partial charge on any atom is -0.394 e. The van der Waals surface area contributed by atoms with Crippen LogP contribution in [0.5, 0.6) is 0 Å². The Bertz CT molecular complexity index is 839. The lowest BCUT2D eigenvalue weighted by atomic mass is 9.90. The van der Waals surface area contributed by atoms with Crippen LogP contribution in [0.2, 0.25) is 5.02 Å². The summed E-state index contributed by atoms with van der Waals surface area (Å²) in [5.41, 5.74) is 3.77. The molecule has 6 nitrogen and oxygen atoms in total. The quantitative estimate of drug-likeness (QED) is 0.487. The number of hydrogen-bond donors (Lipinski definition) is 5. The Labute approximate surface area is 168 Å². The zero-order valence-electron chi connectivity index (χ0n) is 15.4. The lowest BCUT2D eigenvalue weighted by Gasteiger charge is -2.40. The monoisotopic (exact) mass is 405 g/mol. The van der Waals surface area contributed by atoms with Crippen LogP contribution in [-0.4, -0.2) is 57.2 Å². The summed E-state index contributed by atoms with van der Waals surface area (Å²) in [4.78, 5) is 0. The molecule has 0 bridgehead atoms. The van der Waals surface area contributed by atoms with Crippen molar-refractivity contribution < 1.29 is 25.2 Å². The molecule has 0 spiro atoms. The molecule has 7 heteroatoms. The molecular weight excluding hydrogens is 382 g/mol. The van der Waals surface area contributed by atoms with Gasteiger partial charge in [0.1, 0.15) is 30.5 Å². The molecule has 0 aromatic heterocycles. The summed E-state index contributed by atoms with van der Waals surface area (Å²) in [6.45, 7) is 1.26. The fourth-order valence-corrected chi connectivity index (χ4v) is 3.56. The molecule has 5 unspecified atom stereocenters. The van der Waals surface area contributed by atoms with E-state index in [1.807, 2.05) is 24.3 Å². The van der Waals surface area contributed by atoms with Gasteiger partial charge in [0.2, 0.25) is 0 Å². The van der Waals surface area contributed by atoms with Gasteiger partial charge in [0.25, 0.3) is 0 Å². The maximum Gasteiger partial charge on any atom is 0.113 e. The molecule has 28 heavy (non-hydrogen) atoms. The van der Waals surface area contributed by atoms with Crippen molar-refractivity contribution in [2.24, 2.45) is 0 Å². The van der Waals surface area contributed by atoms with Crippen molar-refractivity contribution in [2.45, 2.75) is 43.9 Å². The van der Waals surface area contributed by atoms with E-state index in [0.717, 1.165) is 16.7 Å². The summed E-state index contributed by atoms with van der Waals surface area (Å²) >= 11 is 6.34. The highest BCUT2D eigenvalue weighted by molar-refractivity contribution is 6.31. The SMILES string of the molecule is CC(=N)c1ccc(Cc2cc(C3OC(CO)C(O)C(O)C3O)ccc2Cl)cc1. The predicted molar refractivity (Wildman–Crippen MR) is 106 cm³/mol. The molecule has 0 aliphatic carbocycles. The van der Waals surface area contributed by atoms with Gasteiger partial charge in [-0.25, -0.2) is 0 Å². The van der Waals surface area contributed by atoms with E-state index in [2.05, 4.69) is 0 Å². The molecule has 0 saturated carbocycles. The van der Waals surface area contributed by atoms with Crippen molar-refractivity contribution in [1.82, 2.24) is 0 Å². The smallest absolute Gasteiger partial charge is 0.113 e. The number of rotatable bonds is 5. The molecule has 0 amide bonds. The maximum absolute atomic E-state index is 10.3. The standard InChI is InChI=1S/C21H24ClNO5/c1-11(23)13-4-2-12(3-5-13)8-15-9-14(6-7-16(15)22)21-20(27)19(26)18(25)17(10-24)28-21/h2-7,9,17-21,23-27H,8,10H2,1H3. The molecule has 150 valence electrons. The zero-order chi connectivity index (χ0) is 20.4. The second kappa shape index (κ2) is 8.69. The summed E-state index contributed by atoms with van der Waals surface area (Å²) in [7, 11) is 0. The van der Waals surface area contributed by atoms with Crippen molar-refractivity contribution in [2.75, 3.05) is 6.61 Å². The van der Waals surface area contributed by atoms with Crippen LogP contribution in [0.15, 0.2) is 42.5 Å². The highest BCUT2D eigenvalue weighted by atomic mass is 35.5. The van der Waals surface area contributed by atoms with Crippen molar-refractivity contribution in [1.29, 1.82) is 5.41 Å². The summed E-state index contributed by atoms with van der Waals surface area (Å²) in [6.07, 6.45) is -5.46. The highest BCUT2D eigenvalue weighted by Crippen LogP contribution is 2.34. The Balaban J connectivity index is 1.85. The molecule has 3 rings (SSSR count). The molecule has 1 fully saturated rings. The fourth-order valence-electron chi connectivity index (χ4n) is 3.38. The van der Waals surface area contributed by atoms with Crippen molar-refractivity contribution in [3.8, 4) is 0 Å². The summed E-state index contributed by atoms with van der Waals surface area (Å²) in [5, 5.41) is 47.9. The molecule has 1 aliphatic rings. The van der Waals surface area contributed by atoms with Crippen LogP contribution in [0.1, 0.15) is 35.3 Å². The minimum atomic E-state index is -1.42. The first kappa shape index (κ1) is 20.9. The number of benzene rings is 2. The number of nitrogens with one attached hydrogen (secondary N) is 1. The van der Waals surface area contributed by atoms with Crippen LogP contribution >= 0.6 is 11.6 Å². The van der Waals surface area contributed by atoms with Crippen LogP contribution in [0.25, 0.3) is 0 Å². The Morgan fingerprint density at radius 3 is 2.32 bits per heavy atom. The first-order chi connectivity index (χ1) is 13.3. The van der Waals surface area contributed by atoms with Gasteiger partial charge in [0, 0.05) is 10.7 Å². The van der Waals surface area contributed by atoms with Crippen molar-refractivity contribution in [3.63, 3.8) is 0 Å². The van der Waals surface area contributed by atoms with Crippen LogP contribution in [0, 0.1) is 5.41 Å². The van der Waals surface area contributed by atoms with Gasteiger partial charge in [-0.2, -0.15) is 0 Å². The third-order valence-corrected chi connectivity index (χ3v) is 5.44. The first-order valence-corrected chi connectivity index (χ1v) is 9.43. The molecule has 1 aliphatic heterocycles. The third kappa shape index (κ3) is 4.27. The Kier molecular flexibility index (Phi) is 6.50. The van der Waals surface area contributed by atoms with E-state index < -0.39 is 37.1 Å². The number of aliphatic hydroxyl groups excluding tert-OH is 4. The number of aliphatic hydroxyl groups is 4. The van der Waals surface area contributed by atoms with Gasteiger partial charge in [-0.05, 0) is 41.7 Å². The van der Waals surface area contributed by atoms with Crippen LogP contribution in [-0.2, 0) is 11.2 Å². The van der Waals surface area contributed by atoms with Crippen LogP contribution in [0.3, 0.4) is 0 Å². The van der Waals surface area contributed by atoms with Gasteiger partial charge in [-0.1, -0.05) is 48.0 Å². The van der Waals surface area contributed by atoms with E-state index in [9.17, 15) is 20.4 Å². The maximum atomic E-state index is 10.3. The van der Waals surface area contributed by atoms with E-state index >= 15 is 0 Å². The largest absolute Gasteiger partial charge is 0.394 e. The van der Waals surface area contributed by atoms with Crippen LogP contribution in [0.4, 0.5) is 0 Å². The second-order valence-corrected chi connectivity index (χ2v) is 7.51. The highest BCUT2D eigenvalue weighted by Gasteiger charge is 2.43. The molecule has 0 radical (unpaired) electrons. The minimum absolute atomic E-state index is 0.472. The van der Waals surface area contributed by atoms with Crippen molar-refractivity contribution in [3.05, 3.63) is 69.7 Å². The Morgan fingerprint density at radius 1 is 1.04 bits per heavy atom. The van der Waals surface area contributed by atoms with Gasteiger partial charge in [-0.3, -0.25) is 0 Å². The van der Waals surface area contributed by atoms with Gasteiger partial charge in [-0.15, -0.1) is 0 Å². The number of ether oxygens (including phenoxy) is 1. The van der Waals surface area contributed by atoms with E-state index in [0.29, 0.717) is 22.7 Å². The van der Waals surface area contributed by atoms with Gasteiger partial charge < -0.3 is 30.6 Å². The summed E-state index contributed by atoms with van der Waals surface area (Å²) in [5.74, 6) is 0. The average Bonchev–Trinajstić information content (AvgIpc) is 2.69. The first-order valence-electron chi connectivity index (χ1n) is 9.05. The second-order valence-electron chi connectivity index (χ2n) is 7.10. The van der Waals surface area contributed by atoms with Gasteiger partial charge in [0.15, 0.2) is 0 Å². The van der Waals surface area contributed by atoms with E-state index in [4.69, 9.17) is 21.7 Å². The van der Waals surface area contributed by atoms with Gasteiger partial charge in [0.05, 0.1) is 6.61 Å². The van der Waals surface area contributed by atoms with Crippen molar-refractivity contribution >= 4 is 17.3 Å². The average molecular weight is 406 g/mol. The number of halogens is 1. The molecule has 1 heterocycles. The Morgan fingerprint density at radius 2 is 1.71 bits per heavy atom. The number of hydrogen-bond acceptors (Lipinski definition) is 6. The Hall–Kier alpha value is -1.80. The van der Waals surface area contributed by atoms with E-state index in [-0.39, 0.29) is 0 Å². The fraction of sp³-hybridized carbons (Fsp3) is 0.381. The summed E-state index contributed by atoms with van der Waals surface area (Å²) < 4.78 is 5.63. The topological polar surface area (TPSA) is 114 Å². The summed E-state index contributed by atoms with van der Waals surface area (Å²) in [6, 6.07) is 12.8. The van der Waals surface area contributed by atoms with Gasteiger partial charge >= 0.3 is 0 Å². The lowest BCUT2D eigenvalue weighted by molar-refractivity contribution is -0.231. The third-order valence-electron chi connectivity index (χ3n) is 5.07. The molecule has 5 N–H and O–H groups in total. The van der Waals surface area contributed by atoms with E-state index in [1.54, 1.807) is 25.1 Å². The molecular formula is C21H24ClNO5. The molecule has 2 aromatic rings. The molecule has 1 saturated heterocycles.